The molecule has 2 rings (SSSR count). The van der Waals surface area contributed by atoms with Gasteiger partial charge in [0.15, 0.2) is 5.71 Å². The summed E-state index contributed by atoms with van der Waals surface area (Å²) < 4.78 is 40.6. The van der Waals surface area contributed by atoms with Crippen molar-refractivity contribution in [3.05, 3.63) is 35.6 Å². The van der Waals surface area contributed by atoms with Crippen molar-refractivity contribution in [2.75, 3.05) is 70.8 Å². The summed E-state index contributed by atoms with van der Waals surface area (Å²) in [6.07, 6.45) is 0.496. The molecule has 0 aliphatic carbocycles. The molecular formula is C29H52Cl2F3N7O3. The summed E-state index contributed by atoms with van der Waals surface area (Å²) in [4.78, 5) is 27.1. The minimum absolute atomic E-state index is 0.142. The third-order valence-electron chi connectivity index (χ3n) is 5.31. The second kappa shape index (κ2) is 28.7. The standard InChI is InChI=1S/C13H17ClN2O2.C7H15N3O.C5H8ClF3N2.2C2H6/c1-10(17)15-5-7-16(8-6-15)11-3-4-12(14)13(9-11)18-2;1-10(6-3-8)5-2-4-9-7-11;1-2-10-11-4(3-6)5(7,8)9;2*1-2/h3-4,9H,5-8H2,1-2H3;3,6-7H,2,4-5,8H2,1H3,(H,9,11);10H,2-3H2,1H3;2*1-2H3/b;6-3-;11-4+;;. The van der Waals surface area contributed by atoms with Crippen LogP contribution >= 0.6 is 23.2 Å². The highest BCUT2D eigenvalue weighted by atomic mass is 35.5. The molecule has 1 aromatic rings. The van der Waals surface area contributed by atoms with Crippen LogP contribution in [0.5, 0.6) is 5.75 Å². The number of nitrogens with zero attached hydrogens (tertiary/aromatic N) is 4. The van der Waals surface area contributed by atoms with E-state index in [2.05, 4.69) is 20.7 Å². The number of hydrogen-bond donors (Lipinski definition) is 3. The molecular weight excluding hydrogens is 622 g/mol. The topological polar surface area (TPSA) is 116 Å². The minimum Gasteiger partial charge on any atom is -0.495 e. The number of alkyl halides is 4. The highest BCUT2D eigenvalue weighted by Gasteiger charge is 2.35. The van der Waals surface area contributed by atoms with E-state index in [9.17, 15) is 22.8 Å². The van der Waals surface area contributed by atoms with Gasteiger partial charge in [-0.05, 0) is 25.5 Å². The maximum atomic E-state index is 11.8. The number of hydrazone groups is 1. The molecule has 1 heterocycles. The van der Waals surface area contributed by atoms with E-state index in [0.29, 0.717) is 30.3 Å². The van der Waals surface area contributed by atoms with Crippen molar-refractivity contribution in [2.24, 2.45) is 10.8 Å². The number of amides is 2. The molecule has 4 N–H and O–H groups in total. The minimum atomic E-state index is -4.43. The average molecular weight is 675 g/mol. The van der Waals surface area contributed by atoms with Gasteiger partial charge >= 0.3 is 6.18 Å². The number of carbonyl (C=O) groups is 2. The van der Waals surface area contributed by atoms with Gasteiger partial charge < -0.3 is 35.9 Å². The SMILES string of the molecule is CC.CC.CCN/N=C(\CCl)C(F)(F)F.CN(/C=C\N)CCCNC=O.COc1cc(N2CCN(C(C)=O)CC2)ccc1Cl. The van der Waals surface area contributed by atoms with Gasteiger partial charge in [-0.1, -0.05) is 39.3 Å². The van der Waals surface area contributed by atoms with Gasteiger partial charge in [0.1, 0.15) is 5.75 Å². The van der Waals surface area contributed by atoms with Crippen LogP contribution in [0.1, 0.15) is 48.0 Å². The van der Waals surface area contributed by atoms with Gasteiger partial charge in [0.2, 0.25) is 12.3 Å². The summed E-state index contributed by atoms with van der Waals surface area (Å²) in [6.45, 7) is 16.4. The van der Waals surface area contributed by atoms with Gasteiger partial charge in [0.25, 0.3) is 0 Å². The Labute approximate surface area is 271 Å². The number of methoxy groups -OCH3 is 1. The van der Waals surface area contributed by atoms with Crippen molar-refractivity contribution >= 4 is 46.9 Å². The number of carbonyl (C=O) groups excluding carboxylic acids is 2. The number of ether oxygens (including phenoxy) is 1. The summed E-state index contributed by atoms with van der Waals surface area (Å²) in [6, 6.07) is 5.76. The predicted molar refractivity (Wildman–Crippen MR) is 178 cm³/mol. The first-order chi connectivity index (χ1) is 20.9. The van der Waals surface area contributed by atoms with E-state index < -0.39 is 17.8 Å². The maximum Gasteiger partial charge on any atom is 0.432 e. The average Bonchev–Trinajstić information content (AvgIpc) is 3.02. The van der Waals surface area contributed by atoms with Gasteiger partial charge in [0, 0.05) is 83.9 Å². The van der Waals surface area contributed by atoms with Crippen LogP contribution in [-0.4, -0.2) is 99.9 Å². The van der Waals surface area contributed by atoms with Crippen molar-refractivity contribution in [3.8, 4) is 5.75 Å². The second-order valence-corrected chi connectivity index (χ2v) is 8.94. The van der Waals surface area contributed by atoms with E-state index in [4.69, 9.17) is 33.7 Å². The van der Waals surface area contributed by atoms with Gasteiger partial charge in [-0.2, -0.15) is 18.3 Å². The number of benzene rings is 1. The second-order valence-electron chi connectivity index (χ2n) is 8.26. The predicted octanol–water partition coefficient (Wildman–Crippen LogP) is 5.31. The molecule has 1 fully saturated rings. The lowest BCUT2D eigenvalue weighted by atomic mass is 10.2. The number of hydrogen-bond acceptors (Lipinski definition) is 8. The number of nitrogens with one attached hydrogen (secondary N) is 2. The molecule has 256 valence electrons. The van der Waals surface area contributed by atoms with Crippen LogP contribution in [0, 0.1) is 0 Å². The molecule has 44 heavy (non-hydrogen) atoms. The van der Waals surface area contributed by atoms with Crippen LogP contribution in [0.25, 0.3) is 0 Å². The van der Waals surface area contributed by atoms with Crippen molar-refractivity contribution < 1.29 is 27.5 Å². The quantitative estimate of drug-likeness (QED) is 0.0959. The zero-order valence-electron chi connectivity index (χ0n) is 27.3. The Morgan fingerprint density at radius 1 is 1.18 bits per heavy atom. The van der Waals surface area contributed by atoms with E-state index in [0.717, 1.165) is 44.8 Å². The third kappa shape index (κ3) is 21.6. The fourth-order valence-corrected chi connectivity index (χ4v) is 3.59. The summed E-state index contributed by atoms with van der Waals surface area (Å²) in [5.74, 6) is 0.197. The highest BCUT2D eigenvalue weighted by molar-refractivity contribution is 6.32. The molecule has 1 aliphatic heterocycles. The maximum absolute atomic E-state index is 11.8. The number of piperazine rings is 1. The van der Waals surface area contributed by atoms with Crippen LogP contribution in [0.3, 0.4) is 0 Å². The normalized spacial score (nSPS) is 12.5. The fraction of sp³-hybridized carbons (Fsp3) is 0.621. The molecule has 0 unspecified atom stereocenters. The van der Waals surface area contributed by atoms with Crippen molar-refractivity contribution in [1.82, 2.24) is 20.5 Å². The fourth-order valence-electron chi connectivity index (χ4n) is 3.18. The zero-order chi connectivity index (χ0) is 34.6. The van der Waals surface area contributed by atoms with E-state index in [1.807, 2.05) is 62.7 Å². The summed E-state index contributed by atoms with van der Waals surface area (Å²) in [5, 5.41) is 6.24. The first-order valence-corrected chi connectivity index (χ1v) is 15.4. The molecule has 0 saturated carbocycles. The van der Waals surface area contributed by atoms with E-state index in [-0.39, 0.29) is 5.91 Å². The Bertz CT molecular complexity index is 932. The van der Waals surface area contributed by atoms with Gasteiger partial charge in [-0.15, -0.1) is 11.6 Å². The summed E-state index contributed by atoms with van der Waals surface area (Å²) >= 11 is 11.0. The highest BCUT2D eigenvalue weighted by Crippen LogP contribution is 2.29. The molecule has 2 amide bonds. The molecule has 0 radical (unpaired) electrons. The van der Waals surface area contributed by atoms with Crippen LogP contribution in [0.4, 0.5) is 18.9 Å². The van der Waals surface area contributed by atoms with Gasteiger partial charge in [0.05, 0.1) is 18.0 Å². The molecule has 15 heteroatoms. The van der Waals surface area contributed by atoms with Crippen molar-refractivity contribution in [1.29, 1.82) is 0 Å². The van der Waals surface area contributed by atoms with Gasteiger partial charge in [-0.3, -0.25) is 9.59 Å². The lowest BCUT2D eigenvalue weighted by Crippen LogP contribution is -2.48. The first-order valence-electron chi connectivity index (χ1n) is 14.5. The van der Waals surface area contributed by atoms with Crippen LogP contribution < -0.4 is 26.1 Å². The summed E-state index contributed by atoms with van der Waals surface area (Å²) in [5.41, 5.74) is 7.44. The smallest absolute Gasteiger partial charge is 0.432 e. The monoisotopic (exact) mass is 673 g/mol. The Hall–Kier alpha value is -3.06. The Morgan fingerprint density at radius 3 is 2.20 bits per heavy atom. The van der Waals surface area contributed by atoms with E-state index >= 15 is 0 Å². The first kappa shape index (κ1) is 45.4. The molecule has 1 saturated heterocycles. The lowest BCUT2D eigenvalue weighted by molar-refractivity contribution is -0.129. The van der Waals surface area contributed by atoms with Crippen molar-refractivity contribution in [2.45, 2.75) is 54.1 Å². The molecule has 0 aromatic heterocycles. The molecule has 10 nitrogen and oxygen atoms in total. The Morgan fingerprint density at radius 2 is 1.77 bits per heavy atom. The third-order valence-corrected chi connectivity index (χ3v) is 5.87. The number of halogens is 5. The zero-order valence-corrected chi connectivity index (χ0v) is 28.8. The Balaban J connectivity index is -0.000000568. The van der Waals surface area contributed by atoms with Crippen molar-refractivity contribution in [3.63, 3.8) is 0 Å². The summed E-state index contributed by atoms with van der Waals surface area (Å²) in [7, 11) is 3.54. The number of nitrogens with two attached hydrogens (primary N) is 1. The number of anilines is 1. The molecule has 1 aromatic carbocycles. The molecule has 0 spiro atoms. The van der Waals surface area contributed by atoms with Crippen LogP contribution in [0.15, 0.2) is 35.7 Å². The van der Waals surface area contributed by atoms with Crippen LogP contribution in [0.2, 0.25) is 5.02 Å². The lowest BCUT2D eigenvalue weighted by Gasteiger charge is -2.35. The van der Waals surface area contributed by atoms with E-state index in [1.54, 1.807) is 27.2 Å². The number of rotatable bonds is 11. The molecule has 1 aliphatic rings. The van der Waals surface area contributed by atoms with Gasteiger partial charge in [-0.25, -0.2) is 0 Å². The molecule has 0 atom stereocenters. The Kier molecular flexibility index (Phi) is 29.6. The van der Waals surface area contributed by atoms with Crippen LogP contribution in [-0.2, 0) is 9.59 Å². The largest absolute Gasteiger partial charge is 0.495 e. The van der Waals surface area contributed by atoms with E-state index in [1.165, 1.54) is 6.20 Å². The molecule has 0 bridgehead atoms.